The molecule has 2 N–H and O–H groups in total. The Balaban J connectivity index is 0.00000353. The normalized spacial score (nSPS) is 25.8. The van der Waals surface area contributed by atoms with Gasteiger partial charge in [0.2, 0.25) is 0 Å². The van der Waals surface area contributed by atoms with Gasteiger partial charge in [-0.25, -0.2) is 0 Å². The number of aromatic hydroxyl groups is 1. The number of quaternary nitrogens is 1. The lowest BCUT2D eigenvalue weighted by Gasteiger charge is -2.58. The Labute approximate surface area is 231 Å². The lowest BCUT2D eigenvalue weighted by Crippen LogP contribution is -3.00. The largest absolute Gasteiger partial charge is 1.00 e. The third-order valence-corrected chi connectivity index (χ3v) is 8.26. The molecule has 0 radical (unpaired) electrons. The van der Waals surface area contributed by atoms with Gasteiger partial charge in [-0.2, -0.15) is 26.3 Å². The second kappa shape index (κ2) is 10.4. The molecular formula is C28H27BrF6N2O2. The minimum absolute atomic E-state index is 0. The third kappa shape index (κ3) is 5.53. The van der Waals surface area contributed by atoms with Crippen LogP contribution in [0.3, 0.4) is 0 Å². The van der Waals surface area contributed by atoms with Gasteiger partial charge < -0.3 is 31.7 Å². The first-order chi connectivity index (χ1) is 17.8. The van der Waals surface area contributed by atoms with Crippen molar-refractivity contribution in [1.29, 1.82) is 0 Å². The molecule has 2 bridgehead atoms. The lowest BCUT2D eigenvalue weighted by molar-refractivity contribution is -0.984. The smallest absolute Gasteiger partial charge is 0.416 e. The number of aliphatic hydroxyl groups excluding tert-OH is 1. The molecule has 3 fully saturated rings. The van der Waals surface area contributed by atoms with Crippen molar-refractivity contribution in [2.75, 3.05) is 13.1 Å². The molecule has 4 nitrogen and oxygen atoms in total. The zero-order valence-electron chi connectivity index (χ0n) is 20.7. The molecule has 4 heterocycles. The average Bonchev–Trinajstić information content (AvgIpc) is 2.86. The Hall–Kier alpha value is -2.63. The van der Waals surface area contributed by atoms with E-state index in [9.17, 15) is 36.6 Å². The summed E-state index contributed by atoms with van der Waals surface area (Å²) in [4.78, 5) is 4.28. The fraction of sp³-hybridized carbons (Fsp3) is 0.393. The quantitative estimate of drug-likeness (QED) is 0.262. The van der Waals surface area contributed by atoms with E-state index in [2.05, 4.69) is 11.6 Å². The summed E-state index contributed by atoms with van der Waals surface area (Å²) in [5.74, 6) is 0.211. The number of hydrogen-bond acceptors (Lipinski definition) is 3. The summed E-state index contributed by atoms with van der Waals surface area (Å²) < 4.78 is 81.6. The van der Waals surface area contributed by atoms with Crippen molar-refractivity contribution in [3.8, 4) is 5.75 Å². The van der Waals surface area contributed by atoms with Gasteiger partial charge in [0.15, 0.2) is 0 Å². The van der Waals surface area contributed by atoms with Gasteiger partial charge in [-0.3, -0.25) is 4.98 Å². The molecule has 6 rings (SSSR count). The van der Waals surface area contributed by atoms with Crippen molar-refractivity contribution in [3.05, 3.63) is 83.6 Å². The third-order valence-electron chi connectivity index (χ3n) is 8.26. The zero-order valence-corrected chi connectivity index (χ0v) is 22.3. The number of halogens is 7. The van der Waals surface area contributed by atoms with Crippen molar-refractivity contribution in [2.45, 2.75) is 43.9 Å². The Morgan fingerprint density at radius 2 is 1.69 bits per heavy atom. The molecule has 1 unspecified atom stereocenters. The summed E-state index contributed by atoms with van der Waals surface area (Å²) in [5.41, 5.74) is -1.71. The van der Waals surface area contributed by atoms with Crippen molar-refractivity contribution < 1.29 is 58.0 Å². The van der Waals surface area contributed by atoms with Crippen molar-refractivity contribution in [1.82, 2.24) is 4.98 Å². The number of phenols is 1. The van der Waals surface area contributed by atoms with Crippen LogP contribution in [0.15, 0.2) is 61.3 Å². The zero-order chi connectivity index (χ0) is 27.5. The molecule has 3 saturated heterocycles. The SMILES string of the molecule is C=C[C@H]1C[N+]2(Cc3cc(C(F)(F)F)cc(C(F)(F)F)c3)CC[C@H]1C[C@@H]2[C@@H](O)c1ccnc2ccc(O)cc12.[Br-]. The second-order valence-electron chi connectivity index (χ2n) is 10.5. The van der Waals surface area contributed by atoms with Crippen LogP contribution in [0.1, 0.15) is 41.2 Å². The number of fused-ring (bicyclic) bond motifs is 4. The molecule has 3 aromatic rings. The first-order valence-electron chi connectivity index (χ1n) is 12.3. The number of rotatable bonds is 5. The van der Waals surface area contributed by atoms with E-state index in [0.29, 0.717) is 36.0 Å². The van der Waals surface area contributed by atoms with Crippen molar-refractivity contribution >= 4 is 10.9 Å². The Morgan fingerprint density at radius 1 is 1.03 bits per heavy atom. The minimum Gasteiger partial charge on any atom is -1.00 e. The maximum Gasteiger partial charge on any atom is 0.416 e. The van der Waals surface area contributed by atoms with E-state index in [0.717, 1.165) is 18.6 Å². The van der Waals surface area contributed by atoms with Crippen molar-refractivity contribution in [3.63, 3.8) is 0 Å². The molecule has 5 atom stereocenters. The molecule has 0 amide bonds. The summed E-state index contributed by atoms with van der Waals surface area (Å²) in [5, 5.41) is 22.3. The maximum absolute atomic E-state index is 13.6. The van der Waals surface area contributed by atoms with Crippen LogP contribution in [0.4, 0.5) is 26.3 Å². The Bertz CT molecular complexity index is 1350. The van der Waals surface area contributed by atoms with Gasteiger partial charge in [-0.05, 0) is 53.9 Å². The lowest BCUT2D eigenvalue weighted by atomic mass is 9.71. The van der Waals surface area contributed by atoms with E-state index < -0.39 is 35.6 Å². The maximum atomic E-state index is 13.6. The summed E-state index contributed by atoms with van der Waals surface area (Å²) >= 11 is 0. The highest BCUT2D eigenvalue weighted by atomic mass is 79.9. The van der Waals surface area contributed by atoms with Crippen LogP contribution < -0.4 is 17.0 Å². The van der Waals surface area contributed by atoms with Gasteiger partial charge in [0.25, 0.3) is 0 Å². The summed E-state index contributed by atoms with van der Waals surface area (Å²) in [7, 11) is 0. The van der Waals surface area contributed by atoms with Gasteiger partial charge in [-0.1, -0.05) is 6.08 Å². The predicted molar refractivity (Wildman–Crippen MR) is 129 cm³/mol. The van der Waals surface area contributed by atoms with E-state index in [1.807, 2.05) is 0 Å². The minimum atomic E-state index is -4.94. The number of alkyl halides is 6. The number of pyridine rings is 1. The Kier molecular flexibility index (Phi) is 7.83. The van der Waals surface area contributed by atoms with Crippen LogP contribution in [-0.4, -0.2) is 38.8 Å². The van der Waals surface area contributed by atoms with E-state index in [1.54, 1.807) is 18.2 Å². The number of piperidine rings is 3. The van der Waals surface area contributed by atoms with Crippen LogP contribution >= 0.6 is 0 Å². The molecule has 0 aliphatic carbocycles. The summed E-state index contributed by atoms with van der Waals surface area (Å²) in [6.45, 7) is 4.76. The second-order valence-corrected chi connectivity index (χ2v) is 10.5. The van der Waals surface area contributed by atoms with Crippen LogP contribution in [0.5, 0.6) is 5.75 Å². The standard InChI is InChI=1S/C28H26F6N2O2.BrH/c1-2-17-15-36(14-16-9-19(27(29,30)31)12-20(10-16)28(32,33)34)8-6-18(17)11-25(36)26(38)22-5-7-35-24-4-3-21(37)13-23(22)24;/h2-5,7,9-10,12-13,17-18,25-26,38H,1,6,8,11,14-15H2;1H/t17-,18-,25+,26-,36?;/m0./s1. The Morgan fingerprint density at radius 3 is 2.31 bits per heavy atom. The molecule has 0 saturated carbocycles. The van der Waals surface area contributed by atoms with Gasteiger partial charge >= 0.3 is 12.4 Å². The van der Waals surface area contributed by atoms with Gasteiger partial charge in [-0.15, -0.1) is 6.58 Å². The predicted octanol–water partition coefficient (Wildman–Crippen LogP) is 3.63. The first kappa shape index (κ1) is 29.4. The summed E-state index contributed by atoms with van der Waals surface area (Å²) in [6.07, 6.45) is -6.37. The number of benzene rings is 2. The molecular weight excluding hydrogens is 590 g/mol. The van der Waals surface area contributed by atoms with E-state index >= 15 is 0 Å². The van der Waals surface area contributed by atoms with E-state index in [-0.39, 0.29) is 57.2 Å². The first-order valence-corrected chi connectivity index (χ1v) is 12.3. The molecule has 0 spiro atoms. The topological polar surface area (TPSA) is 53.4 Å². The molecule has 3 aliphatic heterocycles. The van der Waals surface area contributed by atoms with Gasteiger partial charge in [0.1, 0.15) is 24.4 Å². The number of aliphatic hydroxyl groups is 1. The summed E-state index contributed by atoms with van der Waals surface area (Å²) in [6, 6.07) is 7.46. The van der Waals surface area contributed by atoms with E-state index in [4.69, 9.17) is 0 Å². The van der Waals surface area contributed by atoms with E-state index in [1.165, 1.54) is 18.3 Å². The molecule has 1 aromatic heterocycles. The van der Waals surface area contributed by atoms with Crippen molar-refractivity contribution in [2.24, 2.45) is 11.8 Å². The van der Waals surface area contributed by atoms with Gasteiger partial charge in [0.05, 0.1) is 29.7 Å². The number of phenolic OH excluding ortho intramolecular Hbond substituents is 1. The van der Waals surface area contributed by atoms with Crippen LogP contribution in [-0.2, 0) is 18.9 Å². The van der Waals surface area contributed by atoms with Crippen LogP contribution in [0.2, 0.25) is 0 Å². The molecule has 2 aromatic carbocycles. The van der Waals surface area contributed by atoms with Crippen LogP contribution in [0.25, 0.3) is 10.9 Å². The highest BCUT2D eigenvalue weighted by molar-refractivity contribution is 5.83. The molecule has 11 heteroatoms. The molecule has 39 heavy (non-hydrogen) atoms. The molecule has 3 aliphatic rings. The highest BCUT2D eigenvalue weighted by Gasteiger charge is 2.54. The number of aromatic nitrogens is 1. The fourth-order valence-electron chi connectivity index (χ4n) is 6.48. The number of nitrogens with zero attached hydrogens (tertiary/aromatic N) is 2. The fourth-order valence-corrected chi connectivity index (χ4v) is 6.48. The van der Waals surface area contributed by atoms with Gasteiger partial charge in [0, 0.05) is 35.9 Å². The average molecular weight is 617 g/mol. The highest BCUT2D eigenvalue weighted by Crippen LogP contribution is 2.48. The number of hydrogen-bond donors (Lipinski definition) is 2. The molecule has 210 valence electrons. The van der Waals surface area contributed by atoms with Crippen LogP contribution in [0, 0.1) is 11.8 Å². The monoisotopic (exact) mass is 616 g/mol.